The van der Waals surface area contributed by atoms with Gasteiger partial charge in [0.1, 0.15) is 0 Å². The van der Waals surface area contributed by atoms with Gasteiger partial charge in [-0.1, -0.05) is 12.8 Å². The van der Waals surface area contributed by atoms with Crippen LogP contribution in [0.25, 0.3) is 0 Å². The van der Waals surface area contributed by atoms with Crippen LogP contribution in [0.5, 0.6) is 0 Å². The zero-order valence-electron chi connectivity index (χ0n) is 9.77. The van der Waals surface area contributed by atoms with Gasteiger partial charge in [-0.15, -0.1) is 0 Å². The molecule has 2 aliphatic rings. The topological polar surface area (TPSA) is 63.4 Å². The summed E-state index contributed by atoms with van der Waals surface area (Å²) < 4.78 is 26.1. The molecule has 2 fully saturated rings. The first-order chi connectivity index (χ1) is 7.63. The van der Waals surface area contributed by atoms with E-state index >= 15 is 0 Å². The van der Waals surface area contributed by atoms with Crippen LogP contribution in [0, 0.1) is 5.92 Å². The highest BCUT2D eigenvalue weighted by molar-refractivity contribution is 7.89. The second-order valence-corrected chi connectivity index (χ2v) is 7.04. The summed E-state index contributed by atoms with van der Waals surface area (Å²) in [6.07, 6.45) is 6.32. The molecule has 0 aromatic heterocycles. The number of sulfonamides is 1. The van der Waals surface area contributed by atoms with E-state index in [0.717, 1.165) is 38.5 Å². The highest BCUT2D eigenvalue weighted by Gasteiger charge is 2.35. The lowest BCUT2D eigenvalue weighted by Crippen LogP contribution is -2.45. The van der Waals surface area contributed by atoms with E-state index in [1.54, 1.807) is 4.31 Å². The SMILES string of the molecule is NCC1CCCCCN1S(=O)(=O)CC1CC1. The first kappa shape index (κ1) is 12.3. The summed E-state index contributed by atoms with van der Waals surface area (Å²) in [7, 11) is -3.05. The molecule has 0 spiro atoms. The van der Waals surface area contributed by atoms with Gasteiger partial charge in [0.25, 0.3) is 0 Å². The minimum atomic E-state index is -3.05. The Morgan fingerprint density at radius 1 is 1.12 bits per heavy atom. The molecule has 1 atom stereocenters. The van der Waals surface area contributed by atoms with Crippen molar-refractivity contribution < 1.29 is 8.42 Å². The van der Waals surface area contributed by atoms with Crippen LogP contribution in [0.4, 0.5) is 0 Å². The summed E-state index contributed by atoms with van der Waals surface area (Å²) in [5, 5.41) is 0. The molecule has 1 saturated carbocycles. The number of hydrogen-bond donors (Lipinski definition) is 1. The molecule has 2 rings (SSSR count). The molecule has 1 aliphatic carbocycles. The van der Waals surface area contributed by atoms with Gasteiger partial charge < -0.3 is 5.73 Å². The van der Waals surface area contributed by atoms with Crippen LogP contribution in [0.2, 0.25) is 0 Å². The highest BCUT2D eigenvalue weighted by Crippen LogP contribution is 2.32. The Balaban J connectivity index is 2.07. The molecule has 5 heteroatoms. The smallest absolute Gasteiger partial charge is 0.214 e. The van der Waals surface area contributed by atoms with Crippen molar-refractivity contribution in [2.24, 2.45) is 11.7 Å². The second-order valence-electron chi connectivity index (χ2n) is 5.07. The molecule has 0 amide bonds. The van der Waals surface area contributed by atoms with E-state index < -0.39 is 10.0 Å². The largest absolute Gasteiger partial charge is 0.329 e. The van der Waals surface area contributed by atoms with E-state index in [9.17, 15) is 8.42 Å². The Kier molecular flexibility index (Phi) is 3.87. The fourth-order valence-electron chi connectivity index (χ4n) is 2.43. The van der Waals surface area contributed by atoms with E-state index in [1.165, 1.54) is 0 Å². The third-order valence-corrected chi connectivity index (χ3v) is 5.68. The normalized spacial score (nSPS) is 28.9. The predicted molar refractivity (Wildman–Crippen MR) is 64.5 cm³/mol. The zero-order chi connectivity index (χ0) is 11.6. The third kappa shape index (κ3) is 2.96. The first-order valence-electron chi connectivity index (χ1n) is 6.33. The van der Waals surface area contributed by atoms with Crippen LogP contribution in [0.15, 0.2) is 0 Å². The molecular weight excluding hydrogens is 224 g/mol. The van der Waals surface area contributed by atoms with Crippen LogP contribution < -0.4 is 5.73 Å². The van der Waals surface area contributed by atoms with Crippen molar-refractivity contribution in [1.82, 2.24) is 4.31 Å². The Labute approximate surface area is 98.2 Å². The van der Waals surface area contributed by atoms with E-state index in [-0.39, 0.29) is 6.04 Å². The summed E-state index contributed by atoms with van der Waals surface area (Å²) in [6.45, 7) is 1.14. The molecule has 94 valence electrons. The molecule has 0 radical (unpaired) electrons. The van der Waals surface area contributed by atoms with Crippen LogP contribution >= 0.6 is 0 Å². The van der Waals surface area contributed by atoms with Crippen molar-refractivity contribution >= 4 is 10.0 Å². The van der Waals surface area contributed by atoms with Gasteiger partial charge in [-0.3, -0.25) is 0 Å². The Hall–Kier alpha value is -0.130. The van der Waals surface area contributed by atoms with Crippen LogP contribution in [0.1, 0.15) is 38.5 Å². The fourth-order valence-corrected chi connectivity index (χ4v) is 4.60. The predicted octanol–water partition coefficient (Wildman–Crippen LogP) is 0.929. The summed E-state index contributed by atoms with van der Waals surface area (Å²) in [4.78, 5) is 0. The van der Waals surface area contributed by atoms with Crippen molar-refractivity contribution in [1.29, 1.82) is 0 Å². The van der Waals surface area contributed by atoms with Crippen LogP contribution in [-0.2, 0) is 10.0 Å². The number of rotatable bonds is 4. The summed E-state index contributed by atoms with van der Waals surface area (Å²) in [5.74, 6) is 0.774. The van der Waals surface area contributed by atoms with Gasteiger partial charge in [-0.2, -0.15) is 4.31 Å². The molecule has 0 bridgehead atoms. The van der Waals surface area contributed by atoms with Crippen LogP contribution in [0.3, 0.4) is 0 Å². The Morgan fingerprint density at radius 3 is 2.50 bits per heavy atom. The van der Waals surface area contributed by atoms with Gasteiger partial charge in [-0.25, -0.2) is 8.42 Å². The molecule has 1 aliphatic heterocycles. The average Bonchev–Trinajstić information content (AvgIpc) is 3.02. The lowest BCUT2D eigenvalue weighted by Gasteiger charge is -2.28. The fraction of sp³-hybridized carbons (Fsp3) is 1.00. The second kappa shape index (κ2) is 5.02. The Bertz CT molecular complexity index is 325. The van der Waals surface area contributed by atoms with Crippen molar-refractivity contribution in [3.05, 3.63) is 0 Å². The third-order valence-electron chi connectivity index (χ3n) is 3.60. The number of nitrogens with two attached hydrogens (primary N) is 1. The van der Waals surface area contributed by atoms with Gasteiger partial charge >= 0.3 is 0 Å². The minimum absolute atomic E-state index is 0.0475. The van der Waals surface area contributed by atoms with Crippen LogP contribution in [-0.4, -0.2) is 37.6 Å². The van der Waals surface area contributed by atoms with Crippen molar-refractivity contribution in [2.45, 2.75) is 44.6 Å². The monoisotopic (exact) mass is 246 g/mol. The van der Waals surface area contributed by atoms with Gasteiger partial charge in [0, 0.05) is 19.1 Å². The maximum absolute atomic E-state index is 12.2. The molecule has 1 heterocycles. The molecule has 16 heavy (non-hydrogen) atoms. The van der Waals surface area contributed by atoms with Gasteiger partial charge in [0.2, 0.25) is 10.0 Å². The minimum Gasteiger partial charge on any atom is -0.329 e. The lowest BCUT2D eigenvalue weighted by atomic mass is 10.1. The maximum atomic E-state index is 12.2. The highest BCUT2D eigenvalue weighted by atomic mass is 32.2. The van der Waals surface area contributed by atoms with E-state index in [4.69, 9.17) is 5.73 Å². The van der Waals surface area contributed by atoms with Gasteiger partial charge in [0.15, 0.2) is 0 Å². The van der Waals surface area contributed by atoms with Crippen molar-refractivity contribution in [2.75, 3.05) is 18.8 Å². The first-order valence-corrected chi connectivity index (χ1v) is 7.94. The zero-order valence-corrected chi connectivity index (χ0v) is 10.6. The summed E-state index contributed by atoms with van der Waals surface area (Å²) in [6, 6.07) is 0.0475. The number of hydrogen-bond acceptors (Lipinski definition) is 3. The molecule has 4 nitrogen and oxygen atoms in total. The van der Waals surface area contributed by atoms with Gasteiger partial charge in [0.05, 0.1) is 5.75 Å². The van der Waals surface area contributed by atoms with Gasteiger partial charge in [-0.05, 0) is 31.6 Å². The molecular formula is C11H22N2O2S. The van der Waals surface area contributed by atoms with E-state index in [2.05, 4.69) is 0 Å². The molecule has 0 aromatic carbocycles. The molecule has 1 unspecified atom stereocenters. The van der Waals surface area contributed by atoms with E-state index in [0.29, 0.717) is 24.8 Å². The standard InChI is InChI=1S/C11H22N2O2S/c12-8-11-4-2-1-3-7-13(11)16(14,15)9-10-5-6-10/h10-11H,1-9,12H2. The van der Waals surface area contributed by atoms with Crippen molar-refractivity contribution in [3.63, 3.8) is 0 Å². The van der Waals surface area contributed by atoms with Crippen molar-refractivity contribution in [3.8, 4) is 0 Å². The Morgan fingerprint density at radius 2 is 1.88 bits per heavy atom. The van der Waals surface area contributed by atoms with E-state index in [1.807, 2.05) is 0 Å². The molecule has 2 N–H and O–H groups in total. The molecule has 1 saturated heterocycles. The number of nitrogens with zero attached hydrogens (tertiary/aromatic N) is 1. The summed E-state index contributed by atoms with van der Waals surface area (Å²) in [5.41, 5.74) is 5.70. The summed E-state index contributed by atoms with van der Waals surface area (Å²) >= 11 is 0. The lowest BCUT2D eigenvalue weighted by molar-refractivity contribution is 0.327. The average molecular weight is 246 g/mol. The quantitative estimate of drug-likeness (QED) is 0.802. The molecule has 0 aromatic rings. The maximum Gasteiger partial charge on any atom is 0.214 e.